The molecule has 1 fully saturated rings. The molecule has 0 spiro atoms. The molecule has 0 bridgehead atoms. The fraction of sp³-hybridized carbons (Fsp3) is 0.500. The summed E-state index contributed by atoms with van der Waals surface area (Å²) in [7, 11) is 0. The SMILES string of the molecule is CCNC(=O)CNC(=O)COC(=O)c1ccc(OC[C@H]2CCCO2)cc1. The molecule has 0 saturated carbocycles. The van der Waals surface area contributed by atoms with E-state index in [1.807, 2.05) is 0 Å². The lowest BCUT2D eigenvalue weighted by atomic mass is 10.2. The van der Waals surface area contributed by atoms with Crippen molar-refractivity contribution in [2.24, 2.45) is 0 Å². The minimum atomic E-state index is -0.621. The molecule has 1 aliphatic heterocycles. The normalized spacial score (nSPS) is 16.0. The number of rotatable bonds is 9. The zero-order valence-corrected chi connectivity index (χ0v) is 14.8. The number of likely N-dealkylation sites (N-methyl/N-ethyl adjacent to an activating group) is 1. The van der Waals surface area contributed by atoms with E-state index in [2.05, 4.69) is 10.6 Å². The minimum Gasteiger partial charge on any atom is -0.491 e. The van der Waals surface area contributed by atoms with Gasteiger partial charge in [-0.25, -0.2) is 4.79 Å². The molecule has 0 aromatic heterocycles. The molecule has 142 valence electrons. The quantitative estimate of drug-likeness (QED) is 0.624. The van der Waals surface area contributed by atoms with E-state index in [1.54, 1.807) is 31.2 Å². The van der Waals surface area contributed by atoms with Crippen LogP contribution in [-0.2, 0) is 19.1 Å². The van der Waals surface area contributed by atoms with Crippen molar-refractivity contribution in [1.82, 2.24) is 10.6 Å². The van der Waals surface area contributed by atoms with Gasteiger partial charge >= 0.3 is 5.97 Å². The van der Waals surface area contributed by atoms with Crippen LogP contribution >= 0.6 is 0 Å². The van der Waals surface area contributed by atoms with Crippen molar-refractivity contribution in [3.8, 4) is 5.75 Å². The molecular formula is C18H24N2O6. The van der Waals surface area contributed by atoms with Gasteiger partial charge in [-0.3, -0.25) is 9.59 Å². The number of amides is 2. The first-order valence-corrected chi connectivity index (χ1v) is 8.63. The lowest BCUT2D eigenvalue weighted by molar-refractivity contribution is -0.127. The summed E-state index contributed by atoms with van der Waals surface area (Å²) >= 11 is 0. The van der Waals surface area contributed by atoms with Crippen molar-refractivity contribution >= 4 is 17.8 Å². The van der Waals surface area contributed by atoms with Crippen LogP contribution < -0.4 is 15.4 Å². The maximum absolute atomic E-state index is 11.9. The Balaban J connectivity index is 1.69. The summed E-state index contributed by atoms with van der Waals surface area (Å²) in [5.41, 5.74) is 0.311. The molecule has 1 aliphatic rings. The Morgan fingerprint density at radius 2 is 1.92 bits per heavy atom. The molecule has 0 radical (unpaired) electrons. The zero-order chi connectivity index (χ0) is 18.8. The van der Waals surface area contributed by atoms with Gasteiger partial charge in [0, 0.05) is 13.2 Å². The number of hydrogen-bond acceptors (Lipinski definition) is 6. The van der Waals surface area contributed by atoms with Gasteiger partial charge in [-0.15, -0.1) is 0 Å². The summed E-state index contributed by atoms with van der Waals surface area (Å²) in [6.07, 6.45) is 2.17. The van der Waals surface area contributed by atoms with Crippen molar-refractivity contribution in [1.29, 1.82) is 0 Å². The van der Waals surface area contributed by atoms with Crippen LogP contribution in [-0.4, -0.2) is 56.8 Å². The summed E-state index contributed by atoms with van der Waals surface area (Å²) in [6.45, 7) is 2.92. The van der Waals surface area contributed by atoms with Crippen molar-refractivity contribution in [3.05, 3.63) is 29.8 Å². The van der Waals surface area contributed by atoms with Crippen LogP contribution in [0.4, 0.5) is 0 Å². The van der Waals surface area contributed by atoms with Gasteiger partial charge < -0.3 is 24.8 Å². The number of nitrogens with one attached hydrogen (secondary N) is 2. The highest BCUT2D eigenvalue weighted by molar-refractivity contribution is 5.92. The van der Waals surface area contributed by atoms with Gasteiger partial charge in [-0.1, -0.05) is 0 Å². The van der Waals surface area contributed by atoms with Gasteiger partial charge in [-0.2, -0.15) is 0 Å². The molecule has 2 N–H and O–H groups in total. The van der Waals surface area contributed by atoms with Crippen LogP contribution in [0.5, 0.6) is 5.75 Å². The predicted molar refractivity (Wildman–Crippen MR) is 92.9 cm³/mol. The number of hydrogen-bond donors (Lipinski definition) is 2. The van der Waals surface area contributed by atoms with Crippen molar-refractivity contribution in [2.75, 3.05) is 32.9 Å². The van der Waals surface area contributed by atoms with Gasteiger partial charge in [0.05, 0.1) is 18.2 Å². The lowest BCUT2D eigenvalue weighted by Gasteiger charge is -2.11. The number of benzene rings is 1. The lowest BCUT2D eigenvalue weighted by Crippen LogP contribution is -2.38. The summed E-state index contributed by atoms with van der Waals surface area (Å²) in [5, 5.41) is 4.91. The molecule has 1 heterocycles. The molecule has 2 amide bonds. The van der Waals surface area contributed by atoms with Gasteiger partial charge in [-0.05, 0) is 44.0 Å². The zero-order valence-electron chi connectivity index (χ0n) is 14.8. The van der Waals surface area contributed by atoms with Gasteiger partial charge in [0.1, 0.15) is 12.4 Å². The number of esters is 1. The highest BCUT2D eigenvalue weighted by Gasteiger charge is 2.16. The maximum Gasteiger partial charge on any atom is 0.338 e. The first-order valence-electron chi connectivity index (χ1n) is 8.63. The predicted octanol–water partition coefficient (Wildman–Crippen LogP) is 0.654. The second-order valence-electron chi connectivity index (χ2n) is 5.78. The van der Waals surface area contributed by atoms with Gasteiger partial charge in [0.25, 0.3) is 5.91 Å². The van der Waals surface area contributed by atoms with Crippen molar-refractivity contribution < 1.29 is 28.6 Å². The first-order chi connectivity index (χ1) is 12.6. The monoisotopic (exact) mass is 364 g/mol. The Morgan fingerprint density at radius 3 is 2.58 bits per heavy atom. The number of ether oxygens (including phenoxy) is 3. The molecule has 2 rings (SSSR count). The van der Waals surface area contributed by atoms with Crippen LogP contribution in [0.2, 0.25) is 0 Å². The third kappa shape index (κ3) is 6.72. The summed E-state index contributed by atoms with van der Waals surface area (Å²) < 4.78 is 16.0. The largest absolute Gasteiger partial charge is 0.491 e. The topological polar surface area (TPSA) is 103 Å². The van der Waals surface area contributed by atoms with Crippen LogP contribution in [0, 0.1) is 0 Å². The van der Waals surface area contributed by atoms with E-state index in [0.717, 1.165) is 19.4 Å². The molecule has 0 unspecified atom stereocenters. The summed E-state index contributed by atoms with van der Waals surface area (Å²) in [4.78, 5) is 34.7. The third-order valence-electron chi connectivity index (χ3n) is 3.70. The molecule has 1 atom stereocenters. The number of carbonyl (C=O) groups excluding carboxylic acids is 3. The smallest absolute Gasteiger partial charge is 0.338 e. The van der Waals surface area contributed by atoms with Gasteiger partial charge in [0.15, 0.2) is 6.61 Å². The molecule has 8 heteroatoms. The Labute approximate surface area is 152 Å². The molecule has 8 nitrogen and oxygen atoms in total. The molecule has 0 aliphatic carbocycles. The highest BCUT2D eigenvalue weighted by Crippen LogP contribution is 2.17. The minimum absolute atomic E-state index is 0.123. The van der Waals surface area contributed by atoms with E-state index in [1.165, 1.54) is 0 Å². The Morgan fingerprint density at radius 1 is 1.15 bits per heavy atom. The third-order valence-corrected chi connectivity index (χ3v) is 3.70. The summed E-state index contributed by atoms with van der Waals surface area (Å²) in [6, 6.07) is 6.47. The van der Waals surface area contributed by atoms with E-state index in [4.69, 9.17) is 14.2 Å². The van der Waals surface area contributed by atoms with E-state index < -0.39 is 18.5 Å². The average molecular weight is 364 g/mol. The summed E-state index contributed by atoms with van der Waals surface area (Å²) in [5.74, 6) is -0.826. The van der Waals surface area contributed by atoms with E-state index in [0.29, 0.717) is 24.5 Å². The molecule has 1 aromatic rings. The van der Waals surface area contributed by atoms with E-state index in [9.17, 15) is 14.4 Å². The fourth-order valence-electron chi connectivity index (χ4n) is 2.36. The molecule has 1 saturated heterocycles. The van der Waals surface area contributed by atoms with Crippen LogP contribution in [0.25, 0.3) is 0 Å². The van der Waals surface area contributed by atoms with Gasteiger partial charge in [0.2, 0.25) is 5.91 Å². The molecular weight excluding hydrogens is 340 g/mol. The van der Waals surface area contributed by atoms with Crippen molar-refractivity contribution in [3.63, 3.8) is 0 Å². The Hall–Kier alpha value is -2.61. The van der Waals surface area contributed by atoms with Crippen molar-refractivity contribution in [2.45, 2.75) is 25.9 Å². The maximum atomic E-state index is 11.9. The standard InChI is InChI=1S/C18H24N2O6/c1-2-19-16(21)10-20-17(22)12-26-18(23)13-5-7-14(8-6-13)25-11-15-4-3-9-24-15/h5-8,15H,2-4,9-12H2,1H3,(H,19,21)(H,20,22)/t15-/m1/s1. The van der Waals surface area contributed by atoms with Crippen LogP contribution in [0.1, 0.15) is 30.1 Å². The Bertz CT molecular complexity index is 611. The Kier molecular flexibility index (Phi) is 7.88. The van der Waals surface area contributed by atoms with Crippen LogP contribution in [0.15, 0.2) is 24.3 Å². The second kappa shape index (κ2) is 10.4. The van der Waals surface area contributed by atoms with Crippen LogP contribution in [0.3, 0.4) is 0 Å². The number of carbonyl (C=O) groups is 3. The highest BCUT2D eigenvalue weighted by atomic mass is 16.5. The average Bonchev–Trinajstić information content (AvgIpc) is 3.17. The second-order valence-corrected chi connectivity index (χ2v) is 5.78. The molecule has 26 heavy (non-hydrogen) atoms. The first kappa shape index (κ1) is 19.7. The van der Waals surface area contributed by atoms with E-state index >= 15 is 0 Å². The fourth-order valence-corrected chi connectivity index (χ4v) is 2.36. The van der Waals surface area contributed by atoms with E-state index in [-0.39, 0.29) is 18.6 Å². The molecule has 1 aromatic carbocycles.